The molecule has 2 heterocycles. The number of carbonyl (C=O) groups is 1. The van der Waals surface area contributed by atoms with Crippen LogP contribution in [-0.2, 0) is 0 Å². The summed E-state index contributed by atoms with van der Waals surface area (Å²) in [6.45, 7) is 0.144. The van der Waals surface area contributed by atoms with Gasteiger partial charge in [-0.05, 0) is 31.0 Å². The fourth-order valence-corrected chi connectivity index (χ4v) is 2.53. The molecule has 2 amide bonds. The number of alkyl halides is 3. The van der Waals surface area contributed by atoms with Crippen LogP contribution in [0.2, 0.25) is 0 Å². The number of amides is 2. The van der Waals surface area contributed by atoms with Crippen molar-refractivity contribution < 1.29 is 22.7 Å². The number of ether oxygens (including phenoxy) is 1. The molecule has 2 N–H and O–H groups in total. The molecule has 128 valence electrons. The van der Waals surface area contributed by atoms with Crippen molar-refractivity contribution in [2.24, 2.45) is 5.92 Å². The van der Waals surface area contributed by atoms with E-state index in [0.717, 1.165) is 0 Å². The van der Waals surface area contributed by atoms with Gasteiger partial charge in [0.1, 0.15) is 5.69 Å². The minimum atomic E-state index is -4.18. The molecule has 0 aromatic carbocycles. The lowest BCUT2D eigenvalue weighted by molar-refractivity contribution is -0.143. The average molecular weight is 332 g/mol. The van der Waals surface area contributed by atoms with Crippen molar-refractivity contribution in [1.29, 1.82) is 0 Å². The standard InChI is InChI=1S/C14H19F3N4O2/c1-23-12-11(3-2-5-18-12)20-13(22)19-7-10-4-6-21(8-10)9-14(15,16)17/h2-3,5,10H,4,6-9H2,1H3,(H2,19,20,22). The Balaban J connectivity index is 1.75. The fraction of sp³-hybridized carbons (Fsp3) is 0.571. The molecule has 1 aliphatic heterocycles. The zero-order valence-electron chi connectivity index (χ0n) is 12.7. The number of halogens is 3. The van der Waals surface area contributed by atoms with Crippen LogP contribution >= 0.6 is 0 Å². The lowest BCUT2D eigenvalue weighted by Crippen LogP contribution is -2.36. The van der Waals surface area contributed by atoms with E-state index in [-0.39, 0.29) is 5.92 Å². The Labute approximate surface area is 132 Å². The number of rotatable bonds is 5. The molecule has 1 unspecified atom stereocenters. The van der Waals surface area contributed by atoms with E-state index in [1.165, 1.54) is 18.2 Å². The van der Waals surface area contributed by atoms with E-state index in [4.69, 9.17) is 4.74 Å². The molecule has 1 fully saturated rings. The van der Waals surface area contributed by atoms with E-state index in [1.807, 2.05) is 0 Å². The molecular formula is C14H19F3N4O2. The van der Waals surface area contributed by atoms with Gasteiger partial charge in [0.2, 0.25) is 5.88 Å². The van der Waals surface area contributed by atoms with E-state index in [2.05, 4.69) is 15.6 Å². The molecule has 9 heteroatoms. The highest BCUT2D eigenvalue weighted by molar-refractivity contribution is 5.90. The Bertz CT molecular complexity index is 539. The first-order valence-electron chi connectivity index (χ1n) is 7.20. The fourth-order valence-electron chi connectivity index (χ4n) is 2.53. The monoisotopic (exact) mass is 332 g/mol. The van der Waals surface area contributed by atoms with Gasteiger partial charge in [0.05, 0.1) is 13.7 Å². The summed E-state index contributed by atoms with van der Waals surface area (Å²) in [5, 5.41) is 5.27. The molecule has 1 aromatic rings. The van der Waals surface area contributed by atoms with E-state index in [9.17, 15) is 18.0 Å². The van der Waals surface area contributed by atoms with E-state index < -0.39 is 18.8 Å². The van der Waals surface area contributed by atoms with Crippen LogP contribution in [0.3, 0.4) is 0 Å². The Hall–Kier alpha value is -2.03. The van der Waals surface area contributed by atoms with Crippen LogP contribution in [0.4, 0.5) is 23.7 Å². The SMILES string of the molecule is COc1ncccc1NC(=O)NCC1CCN(CC(F)(F)F)C1. The molecule has 0 aliphatic carbocycles. The minimum absolute atomic E-state index is 0.0129. The summed E-state index contributed by atoms with van der Waals surface area (Å²) in [5.74, 6) is 0.304. The van der Waals surface area contributed by atoms with Gasteiger partial charge in [0, 0.05) is 19.3 Å². The molecule has 0 radical (unpaired) electrons. The number of hydrogen-bond acceptors (Lipinski definition) is 4. The van der Waals surface area contributed by atoms with Crippen molar-refractivity contribution in [1.82, 2.24) is 15.2 Å². The molecule has 2 rings (SSSR count). The zero-order valence-corrected chi connectivity index (χ0v) is 12.7. The van der Waals surface area contributed by atoms with Gasteiger partial charge in [-0.25, -0.2) is 9.78 Å². The highest BCUT2D eigenvalue weighted by atomic mass is 19.4. The summed E-state index contributed by atoms with van der Waals surface area (Å²) in [4.78, 5) is 17.2. The summed E-state index contributed by atoms with van der Waals surface area (Å²) in [5.41, 5.74) is 0.428. The molecule has 23 heavy (non-hydrogen) atoms. The first-order valence-corrected chi connectivity index (χ1v) is 7.20. The second-order valence-electron chi connectivity index (χ2n) is 5.40. The number of methoxy groups -OCH3 is 1. The largest absolute Gasteiger partial charge is 0.480 e. The maximum absolute atomic E-state index is 12.3. The predicted molar refractivity (Wildman–Crippen MR) is 78.4 cm³/mol. The Morgan fingerprint density at radius 2 is 2.30 bits per heavy atom. The van der Waals surface area contributed by atoms with Crippen molar-refractivity contribution >= 4 is 11.7 Å². The number of carbonyl (C=O) groups excluding carboxylic acids is 1. The molecule has 1 saturated heterocycles. The predicted octanol–water partition coefficient (Wildman–Crippen LogP) is 2.10. The summed E-state index contributed by atoms with van der Waals surface area (Å²) in [6.07, 6.45) is -2.02. The van der Waals surface area contributed by atoms with Crippen LogP contribution in [0.1, 0.15) is 6.42 Å². The molecular weight excluding hydrogens is 313 g/mol. The quantitative estimate of drug-likeness (QED) is 0.867. The number of aromatic nitrogens is 1. The molecule has 0 saturated carbocycles. The van der Waals surface area contributed by atoms with Gasteiger partial charge in [-0.2, -0.15) is 13.2 Å². The Morgan fingerprint density at radius 3 is 3.00 bits per heavy atom. The maximum atomic E-state index is 12.3. The van der Waals surface area contributed by atoms with E-state index >= 15 is 0 Å². The van der Waals surface area contributed by atoms with Crippen LogP contribution in [0.5, 0.6) is 5.88 Å². The topological polar surface area (TPSA) is 66.5 Å². The van der Waals surface area contributed by atoms with Crippen LogP contribution in [0, 0.1) is 5.92 Å². The third kappa shape index (κ3) is 5.59. The van der Waals surface area contributed by atoms with Gasteiger partial charge in [-0.3, -0.25) is 4.90 Å². The number of pyridine rings is 1. The highest BCUT2D eigenvalue weighted by Crippen LogP contribution is 2.22. The van der Waals surface area contributed by atoms with E-state index in [1.54, 1.807) is 12.1 Å². The molecule has 6 nitrogen and oxygen atoms in total. The molecule has 0 spiro atoms. The number of likely N-dealkylation sites (tertiary alicyclic amines) is 1. The highest BCUT2D eigenvalue weighted by Gasteiger charge is 2.34. The van der Waals surface area contributed by atoms with Gasteiger partial charge in [0.25, 0.3) is 0 Å². The second kappa shape index (κ2) is 7.49. The van der Waals surface area contributed by atoms with E-state index in [0.29, 0.717) is 37.6 Å². The lowest BCUT2D eigenvalue weighted by Gasteiger charge is -2.18. The van der Waals surface area contributed by atoms with Crippen LogP contribution in [-0.4, -0.2) is 55.4 Å². The number of nitrogens with zero attached hydrogens (tertiary/aromatic N) is 2. The molecule has 1 aliphatic rings. The zero-order chi connectivity index (χ0) is 16.9. The second-order valence-corrected chi connectivity index (χ2v) is 5.40. The summed E-state index contributed by atoms with van der Waals surface area (Å²) in [7, 11) is 1.44. The molecule has 1 atom stereocenters. The van der Waals surface area contributed by atoms with Crippen molar-refractivity contribution in [2.75, 3.05) is 38.6 Å². The van der Waals surface area contributed by atoms with Crippen LogP contribution in [0.15, 0.2) is 18.3 Å². The van der Waals surface area contributed by atoms with Gasteiger partial charge < -0.3 is 15.4 Å². The number of urea groups is 1. The van der Waals surface area contributed by atoms with Crippen molar-refractivity contribution in [2.45, 2.75) is 12.6 Å². The average Bonchev–Trinajstić information content (AvgIpc) is 2.91. The number of nitrogens with one attached hydrogen (secondary N) is 2. The minimum Gasteiger partial charge on any atom is -0.480 e. The molecule has 0 bridgehead atoms. The van der Waals surface area contributed by atoms with Gasteiger partial charge in [-0.15, -0.1) is 0 Å². The van der Waals surface area contributed by atoms with Crippen molar-refractivity contribution in [3.8, 4) is 5.88 Å². The first kappa shape index (κ1) is 17.3. The van der Waals surface area contributed by atoms with Gasteiger partial charge in [-0.1, -0.05) is 0 Å². The summed E-state index contributed by atoms with van der Waals surface area (Å²) in [6, 6.07) is 2.86. The smallest absolute Gasteiger partial charge is 0.401 e. The summed E-state index contributed by atoms with van der Waals surface area (Å²) >= 11 is 0. The number of anilines is 1. The molecule has 1 aromatic heterocycles. The Kier molecular flexibility index (Phi) is 5.64. The lowest BCUT2D eigenvalue weighted by atomic mass is 10.1. The van der Waals surface area contributed by atoms with Gasteiger partial charge in [0.15, 0.2) is 0 Å². The van der Waals surface area contributed by atoms with Crippen LogP contribution < -0.4 is 15.4 Å². The third-order valence-corrected chi connectivity index (χ3v) is 3.54. The maximum Gasteiger partial charge on any atom is 0.401 e. The van der Waals surface area contributed by atoms with Crippen molar-refractivity contribution in [3.05, 3.63) is 18.3 Å². The summed E-state index contributed by atoms with van der Waals surface area (Å²) < 4.78 is 42.0. The van der Waals surface area contributed by atoms with Crippen molar-refractivity contribution in [3.63, 3.8) is 0 Å². The first-order chi connectivity index (χ1) is 10.9. The third-order valence-electron chi connectivity index (χ3n) is 3.54. The Morgan fingerprint density at radius 1 is 1.52 bits per heavy atom. The van der Waals surface area contributed by atoms with Crippen LogP contribution in [0.25, 0.3) is 0 Å². The number of hydrogen-bond donors (Lipinski definition) is 2. The van der Waals surface area contributed by atoms with Gasteiger partial charge >= 0.3 is 12.2 Å². The normalized spacial score (nSPS) is 18.7.